The standard InChI is InChI=1S/C20H15BrN2O2S2/c21-15-9-11-16(12-10-15)22-18(24)13-23-19(25)17(27-20(23)26)8-4-7-14-5-2-1-3-6-14/h1-12H,13H2,(H,22,24). The van der Waals surface area contributed by atoms with Crippen LogP contribution in [0.15, 0.2) is 76.1 Å². The molecule has 0 atom stereocenters. The molecule has 0 aromatic heterocycles. The molecule has 1 heterocycles. The molecule has 0 spiro atoms. The van der Waals surface area contributed by atoms with Gasteiger partial charge in [-0.2, -0.15) is 0 Å². The SMILES string of the molecule is O=C(CN1C(=O)C(=CC=Cc2ccccc2)SC1=S)Nc1ccc(Br)cc1. The lowest BCUT2D eigenvalue weighted by atomic mass is 10.2. The molecule has 4 nitrogen and oxygen atoms in total. The second-order valence-electron chi connectivity index (χ2n) is 5.62. The van der Waals surface area contributed by atoms with E-state index < -0.39 is 0 Å². The number of allylic oxidation sites excluding steroid dienone is 2. The Labute approximate surface area is 175 Å². The predicted octanol–water partition coefficient (Wildman–Crippen LogP) is 4.85. The molecule has 2 aromatic rings. The van der Waals surface area contributed by atoms with Crippen LogP contribution in [0.2, 0.25) is 0 Å². The summed E-state index contributed by atoms with van der Waals surface area (Å²) in [5, 5.41) is 2.76. The minimum atomic E-state index is -0.297. The largest absolute Gasteiger partial charge is 0.325 e. The molecule has 1 aliphatic heterocycles. The van der Waals surface area contributed by atoms with Crippen molar-refractivity contribution in [1.29, 1.82) is 0 Å². The molecular formula is C20H15BrN2O2S2. The molecule has 1 N–H and O–H groups in total. The Hall–Kier alpha value is -2.22. The van der Waals surface area contributed by atoms with Gasteiger partial charge in [-0.15, -0.1) is 0 Å². The molecule has 136 valence electrons. The average molecular weight is 459 g/mol. The minimum absolute atomic E-state index is 0.111. The number of anilines is 1. The van der Waals surface area contributed by atoms with Crippen molar-refractivity contribution in [2.75, 3.05) is 11.9 Å². The van der Waals surface area contributed by atoms with Crippen molar-refractivity contribution in [2.45, 2.75) is 0 Å². The molecule has 27 heavy (non-hydrogen) atoms. The van der Waals surface area contributed by atoms with Gasteiger partial charge in [-0.05, 0) is 35.9 Å². The zero-order chi connectivity index (χ0) is 19.2. The summed E-state index contributed by atoms with van der Waals surface area (Å²) >= 11 is 9.80. The summed E-state index contributed by atoms with van der Waals surface area (Å²) in [6, 6.07) is 17.0. The van der Waals surface area contributed by atoms with Crippen molar-refractivity contribution in [3.63, 3.8) is 0 Å². The number of nitrogens with one attached hydrogen (secondary N) is 1. The maximum atomic E-state index is 12.5. The van der Waals surface area contributed by atoms with Crippen LogP contribution in [-0.2, 0) is 9.59 Å². The summed E-state index contributed by atoms with van der Waals surface area (Å²) in [6.45, 7) is -0.111. The second kappa shape index (κ2) is 9.12. The first-order valence-corrected chi connectivity index (χ1v) is 10.1. The Balaban J connectivity index is 1.61. The quantitative estimate of drug-likeness (QED) is 0.513. The van der Waals surface area contributed by atoms with Crippen LogP contribution < -0.4 is 5.32 Å². The third-order valence-electron chi connectivity index (χ3n) is 3.64. The predicted molar refractivity (Wildman–Crippen MR) is 118 cm³/mol. The van der Waals surface area contributed by atoms with E-state index in [0.29, 0.717) is 14.9 Å². The molecule has 2 aromatic carbocycles. The summed E-state index contributed by atoms with van der Waals surface area (Å²) in [7, 11) is 0. The maximum absolute atomic E-state index is 12.5. The number of hydrogen-bond acceptors (Lipinski definition) is 4. The number of nitrogens with zero attached hydrogens (tertiary/aromatic N) is 1. The first kappa shape index (κ1) is 19.5. The Morgan fingerprint density at radius 2 is 1.85 bits per heavy atom. The summed E-state index contributed by atoms with van der Waals surface area (Å²) in [6.07, 6.45) is 5.44. The first-order valence-electron chi connectivity index (χ1n) is 8.05. The minimum Gasteiger partial charge on any atom is -0.325 e. The second-order valence-corrected chi connectivity index (χ2v) is 8.21. The van der Waals surface area contributed by atoms with Crippen molar-refractivity contribution in [2.24, 2.45) is 0 Å². The highest BCUT2D eigenvalue weighted by atomic mass is 79.9. The van der Waals surface area contributed by atoms with E-state index in [9.17, 15) is 9.59 Å². The molecule has 1 aliphatic rings. The van der Waals surface area contributed by atoms with Crippen molar-refractivity contribution in [3.05, 3.63) is 81.7 Å². The summed E-state index contributed by atoms with van der Waals surface area (Å²) in [5.74, 6) is -0.552. The van der Waals surface area contributed by atoms with Crippen molar-refractivity contribution < 1.29 is 9.59 Å². The normalized spacial score (nSPS) is 15.7. The molecule has 1 saturated heterocycles. The number of hydrogen-bond donors (Lipinski definition) is 1. The van der Waals surface area contributed by atoms with E-state index in [2.05, 4.69) is 21.2 Å². The number of carbonyl (C=O) groups excluding carboxylic acids is 2. The summed E-state index contributed by atoms with van der Waals surface area (Å²) in [5.41, 5.74) is 1.70. The molecular weight excluding hydrogens is 444 g/mol. The van der Waals surface area contributed by atoms with E-state index in [1.165, 1.54) is 16.7 Å². The van der Waals surface area contributed by atoms with Crippen LogP contribution in [0.4, 0.5) is 5.69 Å². The van der Waals surface area contributed by atoms with Gasteiger partial charge < -0.3 is 5.32 Å². The van der Waals surface area contributed by atoms with Crippen LogP contribution in [0.3, 0.4) is 0 Å². The lowest BCUT2D eigenvalue weighted by Gasteiger charge is -2.14. The van der Waals surface area contributed by atoms with Gasteiger partial charge in [0.05, 0.1) is 4.91 Å². The third-order valence-corrected chi connectivity index (χ3v) is 5.56. The topological polar surface area (TPSA) is 49.4 Å². The Bertz CT molecular complexity index is 925. The molecule has 0 unspecified atom stereocenters. The van der Waals surface area contributed by atoms with E-state index in [-0.39, 0.29) is 18.4 Å². The van der Waals surface area contributed by atoms with Gasteiger partial charge >= 0.3 is 0 Å². The average Bonchev–Trinajstić information content (AvgIpc) is 2.92. The summed E-state index contributed by atoms with van der Waals surface area (Å²) in [4.78, 5) is 26.6. The number of thiocarbonyl (C=S) groups is 1. The highest BCUT2D eigenvalue weighted by Gasteiger charge is 2.32. The monoisotopic (exact) mass is 458 g/mol. The van der Waals surface area contributed by atoms with Crippen molar-refractivity contribution >= 4 is 67.8 Å². The fourth-order valence-electron chi connectivity index (χ4n) is 2.34. The van der Waals surface area contributed by atoms with E-state index in [1.54, 1.807) is 18.2 Å². The van der Waals surface area contributed by atoms with E-state index in [1.807, 2.05) is 54.6 Å². The van der Waals surface area contributed by atoms with Crippen molar-refractivity contribution in [3.8, 4) is 0 Å². The number of halogens is 1. The lowest BCUT2D eigenvalue weighted by molar-refractivity contribution is -0.126. The third kappa shape index (κ3) is 5.38. The highest BCUT2D eigenvalue weighted by Crippen LogP contribution is 2.30. The molecule has 1 fully saturated rings. The highest BCUT2D eigenvalue weighted by molar-refractivity contribution is 9.10. The van der Waals surface area contributed by atoms with Gasteiger partial charge in [0.25, 0.3) is 5.91 Å². The zero-order valence-corrected chi connectivity index (χ0v) is 17.3. The maximum Gasteiger partial charge on any atom is 0.266 e. The molecule has 2 amide bonds. The van der Waals surface area contributed by atoms with Gasteiger partial charge in [0.1, 0.15) is 10.9 Å². The van der Waals surface area contributed by atoms with Crippen molar-refractivity contribution in [1.82, 2.24) is 4.90 Å². The molecule has 0 aliphatic carbocycles. The number of benzene rings is 2. The molecule has 3 rings (SSSR count). The number of carbonyl (C=O) groups is 2. The Kier molecular flexibility index (Phi) is 6.60. The Morgan fingerprint density at radius 3 is 2.56 bits per heavy atom. The van der Waals surface area contributed by atoms with Crippen LogP contribution in [0.5, 0.6) is 0 Å². The van der Waals surface area contributed by atoms with Gasteiger partial charge in [0.2, 0.25) is 5.91 Å². The molecule has 0 bridgehead atoms. The smallest absolute Gasteiger partial charge is 0.266 e. The van der Waals surface area contributed by atoms with Gasteiger partial charge in [-0.1, -0.05) is 82.4 Å². The van der Waals surface area contributed by atoms with Crippen LogP contribution in [0.25, 0.3) is 6.08 Å². The van der Waals surface area contributed by atoms with Crippen LogP contribution >= 0.6 is 39.9 Å². The van der Waals surface area contributed by atoms with Gasteiger partial charge in [-0.25, -0.2) is 0 Å². The Morgan fingerprint density at radius 1 is 1.15 bits per heavy atom. The van der Waals surface area contributed by atoms with Crippen LogP contribution in [0.1, 0.15) is 5.56 Å². The van der Waals surface area contributed by atoms with E-state index in [0.717, 1.165) is 10.0 Å². The van der Waals surface area contributed by atoms with Crippen LogP contribution in [0, 0.1) is 0 Å². The molecule has 0 saturated carbocycles. The lowest BCUT2D eigenvalue weighted by Crippen LogP contribution is -2.36. The van der Waals surface area contributed by atoms with Gasteiger partial charge in [0, 0.05) is 10.2 Å². The van der Waals surface area contributed by atoms with Crippen LogP contribution in [-0.4, -0.2) is 27.6 Å². The summed E-state index contributed by atoms with van der Waals surface area (Å²) < 4.78 is 1.30. The van der Waals surface area contributed by atoms with E-state index in [4.69, 9.17) is 12.2 Å². The number of thioether (sulfide) groups is 1. The fourth-order valence-corrected chi connectivity index (χ4v) is 3.81. The van der Waals surface area contributed by atoms with E-state index >= 15 is 0 Å². The van der Waals surface area contributed by atoms with Gasteiger partial charge in [-0.3, -0.25) is 14.5 Å². The number of rotatable bonds is 5. The zero-order valence-electron chi connectivity index (χ0n) is 14.1. The fraction of sp³-hybridized carbons (Fsp3) is 0.0500. The molecule has 7 heteroatoms. The van der Waals surface area contributed by atoms with Gasteiger partial charge in [0.15, 0.2) is 0 Å². The first-order chi connectivity index (χ1) is 13.0. The number of amides is 2. The molecule has 0 radical (unpaired) electrons.